The minimum absolute atomic E-state index is 0.0175. The molecule has 0 aromatic heterocycles. The summed E-state index contributed by atoms with van der Waals surface area (Å²) in [7, 11) is 0. The average Bonchev–Trinajstić information content (AvgIpc) is 3.23. The number of rotatable bonds is 8. The molecule has 5 aliphatic carbocycles. The minimum atomic E-state index is -0.0175. The average molecular weight is 487 g/mol. The van der Waals surface area contributed by atoms with Gasteiger partial charge in [-0.15, -0.1) is 0 Å². The first-order chi connectivity index (χ1) is 16.9. The molecule has 0 N–H and O–H groups in total. The summed E-state index contributed by atoms with van der Waals surface area (Å²) in [4.78, 5) is 12.5. The number of hydrogen-bond donors (Lipinski definition) is 0. The van der Waals surface area contributed by atoms with E-state index in [4.69, 9.17) is 9.47 Å². The first kappa shape index (κ1) is 26.1. The summed E-state index contributed by atoms with van der Waals surface area (Å²) in [5.74, 6) is 5.28. The van der Waals surface area contributed by atoms with Crippen molar-refractivity contribution in [2.45, 2.75) is 136 Å². The Labute approximate surface area is 215 Å². The normalized spacial score (nSPS) is 42.5. The van der Waals surface area contributed by atoms with Crippen LogP contribution < -0.4 is 0 Å². The Kier molecular flexibility index (Phi) is 8.22. The zero-order chi connectivity index (χ0) is 24.5. The molecule has 0 aromatic carbocycles. The quantitative estimate of drug-likeness (QED) is 0.255. The molecule has 5 fully saturated rings. The Morgan fingerprint density at radius 3 is 2.40 bits per heavy atom. The summed E-state index contributed by atoms with van der Waals surface area (Å²) in [6, 6.07) is 0. The molecule has 0 bridgehead atoms. The van der Waals surface area contributed by atoms with Gasteiger partial charge in [0.15, 0.2) is 0 Å². The molecule has 0 amide bonds. The fraction of sp³-hybridized carbons (Fsp3) is 0.969. The highest BCUT2D eigenvalue weighted by Gasteiger charge is 2.60. The summed E-state index contributed by atoms with van der Waals surface area (Å²) in [5.41, 5.74) is 1.13. The van der Waals surface area contributed by atoms with Gasteiger partial charge in [0.05, 0.1) is 12.7 Å². The van der Waals surface area contributed by atoms with Crippen LogP contribution in [0, 0.1) is 46.3 Å². The topological polar surface area (TPSA) is 35.5 Å². The molecule has 3 heteroatoms. The van der Waals surface area contributed by atoms with Crippen LogP contribution in [0.1, 0.15) is 130 Å². The lowest BCUT2D eigenvalue weighted by Crippen LogP contribution is -2.53. The SMILES string of the molecule is C[C@H](CCC(=O)OCCOC1CCCCC1)[C@H]1CC[C@H]2[C@@H]3CCC4CCCC[C@]4(C)[C@H]3CC[C@]12C. The van der Waals surface area contributed by atoms with Crippen molar-refractivity contribution < 1.29 is 14.3 Å². The zero-order valence-corrected chi connectivity index (χ0v) is 23.2. The zero-order valence-electron chi connectivity index (χ0n) is 23.2. The maximum absolute atomic E-state index is 12.5. The lowest BCUT2D eigenvalue weighted by molar-refractivity contribution is -0.146. The van der Waals surface area contributed by atoms with E-state index in [0.717, 1.165) is 36.0 Å². The van der Waals surface area contributed by atoms with Crippen LogP contribution >= 0.6 is 0 Å². The molecule has 8 atom stereocenters. The Balaban J connectivity index is 1.09. The highest BCUT2D eigenvalue weighted by atomic mass is 16.6. The van der Waals surface area contributed by atoms with Crippen molar-refractivity contribution in [3.05, 3.63) is 0 Å². The molecule has 0 saturated heterocycles. The fourth-order valence-electron chi connectivity index (χ4n) is 10.5. The molecule has 0 heterocycles. The van der Waals surface area contributed by atoms with Crippen LogP contribution in [0.15, 0.2) is 0 Å². The van der Waals surface area contributed by atoms with Crippen molar-refractivity contribution in [1.82, 2.24) is 0 Å². The molecule has 35 heavy (non-hydrogen) atoms. The molecule has 0 aliphatic heterocycles. The molecule has 5 saturated carbocycles. The van der Waals surface area contributed by atoms with E-state index in [2.05, 4.69) is 20.8 Å². The third-order valence-electron chi connectivity index (χ3n) is 12.4. The molecule has 3 nitrogen and oxygen atoms in total. The second-order valence-electron chi connectivity index (χ2n) is 14.0. The molecule has 5 rings (SSSR count). The van der Waals surface area contributed by atoms with Gasteiger partial charge in [0.2, 0.25) is 0 Å². The van der Waals surface area contributed by atoms with E-state index < -0.39 is 0 Å². The third kappa shape index (κ3) is 5.23. The summed E-state index contributed by atoms with van der Waals surface area (Å²) < 4.78 is 11.5. The number of carbonyl (C=O) groups is 1. The smallest absolute Gasteiger partial charge is 0.305 e. The second-order valence-corrected chi connectivity index (χ2v) is 14.0. The molecule has 0 spiro atoms. The number of fused-ring (bicyclic) bond motifs is 5. The van der Waals surface area contributed by atoms with E-state index in [1.165, 1.54) is 96.3 Å². The third-order valence-corrected chi connectivity index (χ3v) is 12.4. The maximum Gasteiger partial charge on any atom is 0.305 e. The lowest BCUT2D eigenvalue weighted by atomic mass is 9.44. The van der Waals surface area contributed by atoms with Crippen molar-refractivity contribution in [1.29, 1.82) is 0 Å². The molecule has 200 valence electrons. The summed E-state index contributed by atoms with van der Waals surface area (Å²) in [6.45, 7) is 8.77. The van der Waals surface area contributed by atoms with Crippen molar-refractivity contribution in [2.75, 3.05) is 13.2 Å². The van der Waals surface area contributed by atoms with Crippen molar-refractivity contribution >= 4 is 5.97 Å². The van der Waals surface area contributed by atoms with Crippen molar-refractivity contribution in [3.63, 3.8) is 0 Å². The van der Waals surface area contributed by atoms with E-state index in [0.29, 0.717) is 42.5 Å². The maximum atomic E-state index is 12.5. The molecule has 5 aliphatic rings. The van der Waals surface area contributed by atoms with Gasteiger partial charge in [0.1, 0.15) is 6.61 Å². The molecule has 1 unspecified atom stereocenters. The predicted octanol–water partition coefficient (Wildman–Crippen LogP) is 8.34. The largest absolute Gasteiger partial charge is 0.463 e. The van der Waals surface area contributed by atoms with Crippen molar-refractivity contribution in [2.24, 2.45) is 46.3 Å². The summed E-state index contributed by atoms with van der Waals surface area (Å²) in [5, 5.41) is 0. The Bertz CT molecular complexity index is 714. The van der Waals surface area contributed by atoms with Crippen LogP contribution in [-0.4, -0.2) is 25.3 Å². The molecular weight excluding hydrogens is 432 g/mol. The van der Waals surface area contributed by atoms with Crippen LogP contribution in [0.3, 0.4) is 0 Å². The first-order valence-corrected chi connectivity index (χ1v) is 15.7. The Morgan fingerprint density at radius 2 is 1.57 bits per heavy atom. The summed E-state index contributed by atoms with van der Waals surface area (Å²) in [6.07, 6.45) is 22.9. The van der Waals surface area contributed by atoms with Gasteiger partial charge in [-0.2, -0.15) is 0 Å². The highest BCUT2D eigenvalue weighted by molar-refractivity contribution is 5.69. The molecular formula is C32H54O3. The van der Waals surface area contributed by atoms with Gasteiger partial charge >= 0.3 is 5.97 Å². The van der Waals surface area contributed by atoms with Gasteiger partial charge in [-0.3, -0.25) is 4.79 Å². The van der Waals surface area contributed by atoms with Crippen LogP contribution in [0.25, 0.3) is 0 Å². The van der Waals surface area contributed by atoms with E-state index in [9.17, 15) is 4.79 Å². The van der Waals surface area contributed by atoms with Gasteiger partial charge in [-0.1, -0.05) is 52.9 Å². The van der Waals surface area contributed by atoms with Crippen LogP contribution in [0.2, 0.25) is 0 Å². The minimum Gasteiger partial charge on any atom is -0.463 e. The predicted molar refractivity (Wildman–Crippen MR) is 142 cm³/mol. The number of carbonyl (C=O) groups excluding carboxylic acids is 1. The Hall–Kier alpha value is -0.570. The monoisotopic (exact) mass is 486 g/mol. The molecule has 0 radical (unpaired) electrons. The van der Waals surface area contributed by atoms with E-state index in [-0.39, 0.29) is 5.97 Å². The van der Waals surface area contributed by atoms with Gasteiger partial charge < -0.3 is 9.47 Å². The number of hydrogen-bond acceptors (Lipinski definition) is 3. The Morgan fingerprint density at radius 1 is 0.800 bits per heavy atom. The number of ether oxygens (including phenoxy) is 2. The van der Waals surface area contributed by atoms with Gasteiger partial charge in [-0.25, -0.2) is 0 Å². The van der Waals surface area contributed by atoms with Crippen LogP contribution in [-0.2, 0) is 14.3 Å². The van der Waals surface area contributed by atoms with E-state index in [1.807, 2.05) is 0 Å². The lowest BCUT2D eigenvalue weighted by Gasteiger charge is -2.61. The highest BCUT2D eigenvalue weighted by Crippen LogP contribution is 2.68. The van der Waals surface area contributed by atoms with E-state index >= 15 is 0 Å². The molecule has 0 aromatic rings. The van der Waals surface area contributed by atoms with Crippen LogP contribution in [0.4, 0.5) is 0 Å². The van der Waals surface area contributed by atoms with Gasteiger partial charge in [0, 0.05) is 6.42 Å². The van der Waals surface area contributed by atoms with Crippen molar-refractivity contribution in [3.8, 4) is 0 Å². The van der Waals surface area contributed by atoms with Gasteiger partial charge in [0.25, 0.3) is 0 Å². The number of esters is 1. The van der Waals surface area contributed by atoms with Gasteiger partial charge in [-0.05, 0) is 117 Å². The standard InChI is InChI=1S/C32H54O3/c1-23(12-17-30(33)35-22-21-34-25-10-5-4-6-11-25)27-15-16-28-26-14-13-24-9-7-8-19-31(24,2)29(26)18-20-32(27,28)3/h23-29H,4-22H2,1-3H3/t23-,24?,26+,27-,28+,29+,31+,32-/m1/s1. The van der Waals surface area contributed by atoms with E-state index in [1.54, 1.807) is 0 Å². The summed E-state index contributed by atoms with van der Waals surface area (Å²) >= 11 is 0. The fourth-order valence-corrected chi connectivity index (χ4v) is 10.5. The first-order valence-electron chi connectivity index (χ1n) is 15.7. The van der Waals surface area contributed by atoms with Crippen LogP contribution in [0.5, 0.6) is 0 Å². The second kappa shape index (κ2) is 11.0.